The quantitative estimate of drug-likeness (QED) is 0.531. The molecule has 0 rings (SSSR count). The Balaban J connectivity index is -0.00000000800. The summed E-state index contributed by atoms with van der Waals surface area (Å²) in [5.74, 6) is 0. The van der Waals surface area contributed by atoms with Crippen LogP contribution in [0.5, 0.6) is 0 Å². The second-order valence-corrected chi connectivity index (χ2v) is 1.35. The Morgan fingerprint density at radius 2 is 1.43 bits per heavy atom. The summed E-state index contributed by atoms with van der Waals surface area (Å²) in [6, 6.07) is 0. The molecule has 0 bridgehead atoms. The number of hydrogen-bond acceptors (Lipinski definition) is 0. The van der Waals surface area contributed by atoms with Crippen molar-refractivity contribution < 1.29 is 23.1 Å². The maximum Gasteiger partial charge on any atom is 2.00 e. The summed E-state index contributed by atoms with van der Waals surface area (Å²) >= 11 is 0. The van der Waals surface area contributed by atoms with Gasteiger partial charge in [-0.2, -0.15) is 0 Å². The maximum atomic E-state index is 2.21. The van der Waals surface area contributed by atoms with Gasteiger partial charge in [0.15, 0.2) is 0 Å². The van der Waals surface area contributed by atoms with Gasteiger partial charge in [0.1, 0.15) is 0 Å². The van der Waals surface area contributed by atoms with E-state index in [0.29, 0.717) is 0 Å². The van der Waals surface area contributed by atoms with Crippen LogP contribution in [-0.2, 0) is 0 Å². The molecular formula is C5H15BaLi. The van der Waals surface area contributed by atoms with Crippen LogP contribution in [0, 0.1) is 0 Å². The fraction of sp³-hybridized carbons (Fsp3) is 1.00. The van der Waals surface area contributed by atoms with Gasteiger partial charge >= 0.3 is 67.7 Å². The van der Waals surface area contributed by atoms with Crippen LogP contribution in [0.2, 0.25) is 0 Å². The zero-order chi connectivity index (χ0) is 4.12. The zero-order valence-corrected chi connectivity index (χ0v) is 10.3. The largest absolute Gasteiger partial charge is 2.00 e. The van der Waals surface area contributed by atoms with E-state index < -0.39 is 0 Å². The van der Waals surface area contributed by atoms with E-state index in [1.165, 1.54) is 19.3 Å². The molecule has 0 amide bonds. The fourth-order valence-corrected chi connectivity index (χ4v) is 0.354. The number of unbranched alkanes of at least 4 members (excludes halogenated alkanes) is 2. The molecule has 0 aromatic heterocycles. The van der Waals surface area contributed by atoms with Crippen molar-refractivity contribution >= 4 is 48.9 Å². The third-order valence-corrected chi connectivity index (χ3v) is 0.707. The molecular weight excluding hydrogens is 204 g/mol. The van der Waals surface area contributed by atoms with Crippen molar-refractivity contribution in [1.82, 2.24) is 0 Å². The third-order valence-electron chi connectivity index (χ3n) is 0.707. The van der Waals surface area contributed by atoms with Crippen LogP contribution < -0.4 is 18.9 Å². The molecule has 0 radical (unpaired) electrons. The van der Waals surface area contributed by atoms with Gasteiger partial charge in [0.2, 0.25) is 0 Å². The van der Waals surface area contributed by atoms with Crippen molar-refractivity contribution in [2.24, 2.45) is 0 Å². The average molecular weight is 219 g/mol. The van der Waals surface area contributed by atoms with Crippen molar-refractivity contribution in [2.75, 3.05) is 0 Å². The van der Waals surface area contributed by atoms with Gasteiger partial charge in [0.05, 0.1) is 0 Å². The predicted octanol–water partition coefficient (Wildman–Crippen LogP) is -0.843. The molecule has 2 heteroatoms. The minimum Gasteiger partial charge on any atom is -1.00 e. The molecule has 0 aliphatic rings. The van der Waals surface area contributed by atoms with Gasteiger partial charge in [0, 0.05) is 0 Å². The Bertz CT molecular complexity index is 24.4. The van der Waals surface area contributed by atoms with E-state index in [4.69, 9.17) is 0 Å². The van der Waals surface area contributed by atoms with Gasteiger partial charge in [-0.05, 0) is 0 Å². The number of rotatable bonds is 2. The summed E-state index contributed by atoms with van der Waals surface area (Å²) < 4.78 is 0. The maximum absolute atomic E-state index is 2.21. The minimum absolute atomic E-state index is 0. The molecule has 0 aromatic carbocycles. The Labute approximate surface area is 104 Å². The molecule has 38 valence electrons. The van der Waals surface area contributed by atoms with E-state index in [1.807, 2.05) is 0 Å². The molecule has 0 fully saturated rings. The summed E-state index contributed by atoms with van der Waals surface area (Å²) in [6.07, 6.45) is 4.08. The summed E-state index contributed by atoms with van der Waals surface area (Å²) in [6.45, 7) is 4.42. The molecule has 0 aromatic rings. The topological polar surface area (TPSA) is 0 Å². The van der Waals surface area contributed by atoms with Crippen molar-refractivity contribution in [1.29, 1.82) is 0 Å². The SMILES string of the molecule is CCCCC.[Ba+2].[H-].[H-].[H-].[Li+]. The Hall–Kier alpha value is 2.17. The minimum atomic E-state index is 0. The molecule has 0 saturated carbocycles. The smallest absolute Gasteiger partial charge is 1.00 e. The molecule has 0 N–H and O–H groups in total. The van der Waals surface area contributed by atoms with Crippen LogP contribution in [0.15, 0.2) is 0 Å². The van der Waals surface area contributed by atoms with Crippen LogP contribution in [0.4, 0.5) is 0 Å². The summed E-state index contributed by atoms with van der Waals surface area (Å²) in [5.41, 5.74) is 0. The first-order chi connectivity index (χ1) is 2.41. The standard InChI is InChI=1S/C5H12.Ba.Li.3H/c1-3-5-4-2;;;;;/h3-5H2,1-2H3;;;;;/q;+2;+1;3*-1. The average Bonchev–Trinajstić information content (AvgIpc) is 1.41. The van der Waals surface area contributed by atoms with Crippen LogP contribution in [0.3, 0.4) is 0 Å². The van der Waals surface area contributed by atoms with Gasteiger partial charge < -0.3 is 4.28 Å². The van der Waals surface area contributed by atoms with Gasteiger partial charge in [-0.25, -0.2) is 0 Å². The zero-order valence-electron chi connectivity index (χ0n) is 8.83. The monoisotopic (exact) mass is 220 g/mol. The number of hydrogen-bond donors (Lipinski definition) is 0. The molecule has 0 aliphatic carbocycles. The Morgan fingerprint density at radius 3 is 1.43 bits per heavy atom. The molecule has 0 nitrogen and oxygen atoms in total. The molecule has 0 atom stereocenters. The molecule has 0 aliphatic heterocycles. The fourth-order valence-electron chi connectivity index (χ4n) is 0.354. The molecule has 0 unspecified atom stereocenters. The summed E-state index contributed by atoms with van der Waals surface area (Å²) in [5, 5.41) is 0. The van der Waals surface area contributed by atoms with E-state index in [-0.39, 0.29) is 72.0 Å². The van der Waals surface area contributed by atoms with E-state index in [2.05, 4.69) is 13.8 Å². The van der Waals surface area contributed by atoms with Crippen LogP contribution in [-0.4, -0.2) is 48.9 Å². The first kappa shape index (κ1) is 16.1. The van der Waals surface area contributed by atoms with Crippen molar-refractivity contribution in [3.63, 3.8) is 0 Å². The Kier molecular flexibility index (Phi) is 36.1. The van der Waals surface area contributed by atoms with E-state index >= 15 is 0 Å². The van der Waals surface area contributed by atoms with Gasteiger partial charge in [-0.1, -0.05) is 33.1 Å². The van der Waals surface area contributed by atoms with Crippen molar-refractivity contribution in [2.45, 2.75) is 33.1 Å². The van der Waals surface area contributed by atoms with Crippen molar-refractivity contribution in [3.8, 4) is 0 Å². The molecule has 7 heavy (non-hydrogen) atoms. The van der Waals surface area contributed by atoms with Gasteiger partial charge in [0.25, 0.3) is 0 Å². The van der Waals surface area contributed by atoms with Crippen LogP contribution in [0.25, 0.3) is 0 Å². The van der Waals surface area contributed by atoms with Gasteiger partial charge in [-0.3, -0.25) is 0 Å². The van der Waals surface area contributed by atoms with Crippen molar-refractivity contribution in [3.05, 3.63) is 0 Å². The third kappa shape index (κ3) is 17.9. The molecule has 0 spiro atoms. The first-order valence-electron chi connectivity index (χ1n) is 2.41. The van der Waals surface area contributed by atoms with E-state index in [9.17, 15) is 0 Å². The summed E-state index contributed by atoms with van der Waals surface area (Å²) in [7, 11) is 0. The predicted molar refractivity (Wildman–Crippen MR) is 34.3 cm³/mol. The van der Waals surface area contributed by atoms with E-state index in [1.54, 1.807) is 0 Å². The normalized spacial score (nSPS) is 6.00. The molecule has 0 heterocycles. The second-order valence-electron chi connectivity index (χ2n) is 1.35. The molecule has 0 saturated heterocycles. The second kappa shape index (κ2) is 15.7. The van der Waals surface area contributed by atoms with E-state index in [0.717, 1.165) is 0 Å². The Morgan fingerprint density at radius 1 is 1.14 bits per heavy atom. The van der Waals surface area contributed by atoms with Gasteiger partial charge in [-0.15, -0.1) is 0 Å². The van der Waals surface area contributed by atoms with Crippen LogP contribution in [0.1, 0.15) is 37.4 Å². The first-order valence-corrected chi connectivity index (χ1v) is 2.41. The van der Waals surface area contributed by atoms with Crippen LogP contribution >= 0.6 is 0 Å². The summed E-state index contributed by atoms with van der Waals surface area (Å²) in [4.78, 5) is 0.